The zero-order chi connectivity index (χ0) is 21.0. The van der Waals surface area contributed by atoms with Crippen molar-refractivity contribution in [2.75, 3.05) is 5.32 Å². The first-order chi connectivity index (χ1) is 13.9. The molecule has 0 saturated carbocycles. The topological polar surface area (TPSA) is 68.3 Å². The number of pyridine rings is 1. The standard InChI is InChI=1S/C23H21ClN2O3/c1-14-13-15(2)25-21(24)20(14)23(28)29-16(3)22(27)26-19-12-8-7-11-18(19)17-9-5-4-6-10-17/h4-13,16H,1-3H3,(H,26,27)/t16-/m0/s1. The Morgan fingerprint density at radius 1 is 1.03 bits per heavy atom. The Bertz CT molecular complexity index is 1030. The molecule has 0 spiro atoms. The van der Waals surface area contributed by atoms with Crippen molar-refractivity contribution in [3.63, 3.8) is 0 Å². The smallest absolute Gasteiger partial charge is 0.342 e. The summed E-state index contributed by atoms with van der Waals surface area (Å²) in [6.45, 7) is 5.05. The predicted octanol–water partition coefficient (Wildman–Crippen LogP) is 5.20. The van der Waals surface area contributed by atoms with Gasteiger partial charge >= 0.3 is 5.97 Å². The van der Waals surface area contributed by atoms with Gasteiger partial charge in [0.1, 0.15) is 5.15 Å². The zero-order valence-electron chi connectivity index (χ0n) is 16.4. The fourth-order valence-corrected chi connectivity index (χ4v) is 3.36. The van der Waals surface area contributed by atoms with Gasteiger partial charge in [-0.3, -0.25) is 4.79 Å². The molecule has 0 unspecified atom stereocenters. The average molecular weight is 409 g/mol. The molecule has 3 rings (SSSR count). The average Bonchev–Trinajstić information content (AvgIpc) is 2.68. The Morgan fingerprint density at radius 2 is 1.69 bits per heavy atom. The number of hydrogen-bond acceptors (Lipinski definition) is 4. The number of aryl methyl sites for hydroxylation is 2. The highest BCUT2D eigenvalue weighted by atomic mass is 35.5. The van der Waals surface area contributed by atoms with Gasteiger partial charge in [0.05, 0.1) is 5.56 Å². The molecule has 0 radical (unpaired) electrons. The van der Waals surface area contributed by atoms with E-state index in [1.54, 1.807) is 26.0 Å². The van der Waals surface area contributed by atoms with Gasteiger partial charge in [-0.25, -0.2) is 9.78 Å². The van der Waals surface area contributed by atoms with Crippen LogP contribution in [0.5, 0.6) is 0 Å². The highest BCUT2D eigenvalue weighted by Crippen LogP contribution is 2.28. The van der Waals surface area contributed by atoms with E-state index in [1.807, 2.05) is 48.5 Å². The van der Waals surface area contributed by atoms with Crippen LogP contribution < -0.4 is 5.32 Å². The molecule has 1 amide bonds. The van der Waals surface area contributed by atoms with Crippen molar-refractivity contribution in [2.45, 2.75) is 26.9 Å². The summed E-state index contributed by atoms with van der Waals surface area (Å²) in [5, 5.41) is 2.90. The van der Waals surface area contributed by atoms with Crippen molar-refractivity contribution in [3.05, 3.63) is 82.6 Å². The molecular formula is C23H21ClN2O3. The summed E-state index contributed by atoms with van der Waals surface area (Å²) in [5.41, 5.74) is 4.00. The van der Waals surface area contributed by atoms with Crippen LogP contribution in [0.15, 0.2) is 60.7 Å². The first-order valence-electron chi connectivity index (χ1n) is 9.17. The number of amides is 1. The number of rotatable bonds is 5. The van der Waals surface area contributed by atoms with Crippen LogP contribution in [0.2, 0.25) is 5.15 Å². The highest BCUT2D eigenvalue weighted by molar-refractivity contribution is 6.32. The lowest BCUT2D eigenvalue weighted by Gasteiger charge is -2.17. The number of carbonyl (C=O) groups excluding carboxylic acids is 2. The third-order valence-corrected chi connectivity index (χ3v) is 4.70. The molecule has 0 aliphatic rings. The van der Waals surface area contributed by atoms with Gasteiger partial charge < -0.3 is 10.1 Å². The Hall–Kier alpha value is -3.18. The van der Waals surface area contributed by atoms with Crippen LogP contribution in [-0.2, 0) is 9.53 Å². The third-order valence-electron chi connectivity index (χ3n) is 4.43. The van der Waals surface area contributed by atoms with Gasteiger partial charge in [-0.2, -0.15) is 0 Å². The summed E-state index contributed by atoms with van der Waals surface area (Å²) < 4.78 is 5.34. The molecule has 0 fully saturated rings. The SMILES string of the molecule is Cc1cc(C)c(C(=O)O[C@@H](C)C(=O)Nc2ccccc2-c2ccccc2)c(Cl)n1. The second-order valence-electron chi connectivity index (χ2n) is 6.69. The Balaban J connectivity index is 1.75. The second-order valence-corrected chi connectivity index (χ2v) is 7.05. The largest absolute Gasteiger partial charge is 0.449 e. The molecule has 1 aromatic heterocycles. The van der Waals surface area contributed by atoms with Crippen molar-refractivity contribution >= 4 is 29.2 Å². The molecule has 6 heteroatoms. The van der Waals surface area contributed by atoms with E-state index in [9.17, 15) is 9.59 Å². The van der Waals surface area contributed by atoms with Crippen LogP contribution in [-0.4, -0.2) is 23.0 Å². The molecule has 3 aromatic rings. The maximum Gasteiger partial charge on any atom is 0.342 e. The molecule has 1 N–H and O–H groups in total. The number of hydrogen-bond donors (Lipinski definition) is 1. The molecule has 5 nitrogen and oxygen atoms in total. The molecule has 29 heavy (non-hydrogen) atoms. The number of anilines is 1. The van der Waals surface area contributed by atoms with E-state index in [-0.39, 0.29) is 10.7 Å². The van der Waals surface area contributed by atoms with Crippen molar-refractivity contribution in [2.24, 2.45) is 0 Å². The molecule has 148 valence electrons. The van der Waals surface area contributed by atoms with E-state index in [1.165, 1.54) is 6.92 Å². The minimum absolute atomic E-state index is 0.0644. The zero-order valence-corrected chi connectivity index (χ0v) is 17.2. The summed E-state index contributed by atoms with van der Waals surface area (Å²) in [7, 11) is 0. The van der Waals surface area contributed by atoms with Crippen LogP contribution in [0.3, 0.4) is 0 Å². The number of aromatic nitrogens is 1. The maximum absolute atomic E-state index is 12.6. The molecule has 0 bridgehead atoms. The van der Waals surface area contributed by atoms with E-state index in [2.05, 4.69) is 10.3 Å². The lowest BCUT2D eigenvalue weighted by Crippen LogP contribution is -2.30. The van der Waals surface area contributed by atoms with Crippen LogP contribution in [0.1, 0.15) is 28.5 Å². The summed E-state index contributed by atoms with van der Waals surface area (Å²) in [6.07, 6.45) is -1.01. The normalized spacial score (nSPS) is 11.6. The number of para-hydroxylation sites is 1. The van der Waals surface area contributed by atoms with Crippen LogP contribution in [0.25, 0.3) is 11.1 Å². The number of ether oxygens (including phenoxy) is 1. The quantitative estimate of drug-likeness (QED) is 0.465. The Kier molecular flexibility index (Phi) is 6.29. The van der Waals surface area contributed by atoms with Gasteiger partial charge in [0.2, 0.25) is 0 Å². The van der Waals surface area contributed by atoms with Gasteiger partial charge in [0.15, 0.2) is 6.10 Å². The number of nitrogens with one attached hydrogen (secondary N) is 1. The van der Waals surface area contributed by atoms with Gasteiger partial charge in [0, 0.05) is 16.9 Å². The Labute approximate surface area is 174 Å². The van der Waals surface area contributed by atoms with Gasteiger partial charge in [0.25, 0.3) is 5.91 Å². The summed E-state index contributed by atoms with van der Waals surface area (Å²) in [4.78, 5) is 29.3. The minimum Gasteiger partial charge on any atom is -0.449 e. The van der Waals surface area contributed by atoms with Crippen molar-refractivity contribution < 1.29 is 14.3 Å². The first kappa shape index (κ1) is 20.6. The monoisotopic (exact) mass is 408 g/mol. The minimum atomic E-state index is -1.01. The van der Waals surface area contributed by atoms with E-state index in [0.717, 1.165) is 11.1 Å². The molecule has 1 heterocycles. The van der Waals surface area contributed by atoms with Crippen LogP contribution >= 0.6 is 11.6 Å². The van der Waals surface area contributed by atoms with Gasteiger partial charge in [-0.05, 0) is 44.0 Å². The maximum atomic E-state index is 12.6. The highest BCUT2D eigenvalue weighted by Gasteiger charge is 2.23. The lowest BCUT2D eigenvalue weighted by atomic mass is 10.0. The van der Waals surface area contributed by atoms with Crippen molar-refractivity contribution in [1.29, 1.82) is 0 Å². The Morgan fingerprint density at radius 3 is 2.38 bits per heavy atom. The fourth-order valence-electron chi connectivity index (χ4n) is 3.01. The number of esters is 1. The van der Waals surface area contributed by atoms with Crippen molar-refractivity contribution in [1.82, 2.24) is 4.98 Å². The molecule has 0 aliphatic heterocycles. The van der Waals surface area contributed by atoms with Crippen molar-refractivity contribution in [3.8, 4) is 11.1 Å². The molecule has 2 aromatic carbocycles. The number of carbonyl (C=O) groups is 2. The fraction of sp³-hybridized carbons (Fsp3) is 0.174. The van der Waals surface area contributed by atoms with Gasteiger partial charge in [-0.1, -0.05) is 60.1 Å². The van der Waals surface area contributed by atoms with Gasteiger partial charge in [-0.15, -0.1) is 0 Å². The lowest BCUT2D eigenvalue weighted by molar-refractivity contribution is -0.123. The predicted molar refractivity (Wildman–Crippen MR) is 114 cm³/mol. The third kappa shape index (κ3) is 4.81. The molecule has 0 saturated heterocycles. The number of halogens is 1. The summed E-state index contributed by atoms with van der Waals surface area (Å²) >= 11 is 6.10. The van der Waals surface area contributed by atoms with E-state index in [4.69, 9.17) is 16.3 Å². The summed E-state index contributed by atoms with van der Waals surface area (Å²) in [6, 6.07) is 18.9. The van der Waals surface area contributed by atoms with E-state index in [0.29, 0.717) is 16.9 Å². The number of nitrogens with zero attached hydrogens (tertiary/aromatic N) is 1. The molecular weight excluding hydrogens is 388 g/mol. The molecule has 1 atom stereocenters. The van der Waals surface area contributed by atoms with E-state index < -0.39 is 18.0 Å². The number of benzene rings is 2. The first-order valence-corrected chi connectivity index (χ1v) is 9.54. The van der Waals surface area contributed by atoms with E-state index >= 15 is 0 Å². The molecule has 0 aliphatic carbocycles. The summed E-state index contributed by atoms with van der Waals surface area (Å²) in [5.74, 6) is -1.12. The second kappa shape index (κ2) is 8.88. The van der Waals surface area contributed by atoms with Crippen LogP contribution in [0.4, 0.5) is 5.69 Å². The van der Waals surface area contributed by atoms with Crippen LogP contribution in [0, 0.1) is 13.8 Å².